The number of nitrogens with zero attached hydrogens (tertiary/aromatic N) is 1. The highest BCUT2D eigenvalue weighted by molar-refractivity contribution is 6.07. The van der Waals surface area contributed by atoms with E-state index in [1.54, 1.807) is 48.4 Å². The second-order valence-corrected chi connectivity index (χ2v) is 6.14. The molecule has 0 aliphatic carbocycles. The number of piperidine rings is 1. The van der Waals surface area contributed by atoms with E-state index in [2.05, 4.69) is 0 Å². The molecule has 0 spiro atoms. The highest BCUT2D eigenvalue weighted by Gasteiger charge is 2.43. The molecule has 2 aromatic rings. The van der Waals surface area contributed by atoms with E-state index < -0.39 is 11.9 Å². The Hall–Kier alpha value is -2.89. The third-order valence-electron chi connectivity index (χ3n) is 4.74. The van der Waals surface area contributed by atoms with Crippen molar-refractivity contribution in [3.05, 3.63) is 59.9 Å². The maximum atomic E-state index is 13.2. The van der Waals surface area contributed by atoms with Crippen LogP contribution in [0.4, 0.5) is 10.1 Å². The van der Waals surface area contributed by atoms with E-state index in [0.29, 0.717) is 24.4 Å². The molecule has 1 heterocycles. The van der Waals surface area contributed by atoms with Crippen LogP contribution in [0.1, 0.15) is 17.9 Å². The lowest BCUT2D eigenvalue weighted by atomic mass is 9.79. The summed E-state index contributed by atoms with van der Waals surface area (Å²) in [5.74, 6) is -1.87. The predicted octanol–water partition coefficient (Wildman–Crippen LogP) is 3.14. The molecule has 1 saturated heterocycles. The monoisotopic (exact) mass is 357 g/mol. The zero-order valence-corrected chi connectivity index (χ0v) is 14.6. The van der Waals surface area contributed by atoms with Gasteiger partial charge < -0.3 is 14.4 Å². The van der Waals surface area contributed by atoms with Gasteiger partial charge in [0.25, 0.3) is 0 Å². The van der Waals surface area contributed by atoms with Crippen molar-refractivity contribution >= 4 is 17.6 Å². The second kappa shape index (κ2) is 7.56. The van der Waals surface area contributed by atoms with E-state index in [4.69, 9.17) is 9.47 Å². The van der Waals surface area contributed by atoms with Crippen molar-refractivity contribution < 1.29 is 23.5 Å². The van der Waals surface area contributed by atoms with Gasteiger partial charge in [0.1, 0.15) is 17.5 Å². The maximum absolute atomic E-state index is 13.2. The van der Waals surface area contributed by atoms with Gasteiger partial charge in [0.15, 0.2) is 0 Å². The Bertz CT molecular complexity index is 788. The van der Waals surface area contributed by atoms with Gasteiger partial charge >= 0.3 is 5.97 Å². The molecule has 0 unspecified atom stereocenters. The number of benzene rings is 2. The Morgan fingerprint density at radius 2 is 1.73 bits per heavy atom. The standard InChI is InChI=1S/C20H20FNO4/c1-25-16-9-7-15(8-10-16)22-12-11-17(13-3-5-14(21)6-4-13)18(19(22)23)20(24)26-2/h3-10,17-18H,11-12H2,1-2H3/t17-,18-/m0/s1. The lowest BCUT2D eigenvalue weighted by Crippen LogP contribution is -2.48. The normalized spacial score (nSPS) is 20.0. The van der Waals surface area contributed by atoms with Crippen LogP contribution < -0.4 is 9.64 Å². The van der Waals surface area contributed by atoms with Gasteiger partial charge in [0.2, 0.25) is 5.91 Å². The van der Waals surface area contributed by atoms with Crippen LogP contribution >= 0.6 is 0 Å². The second-order valence-electron chi connectivity index (χ2n) is 6.14. The summed E-state index contributed by atoms with van der Waals surface area (Å²) in [7, 11) is 2.84. The molecular weight excluding hydrogens is 337 g/mol. The molecule has 1 amide bonds. The number of carbonyl (C=O) groups excluding carboxylic acids is 2. The third-order valence-corrected chi connectivity index (χ3v) is 4.74. The number of methoxy groups -OCH3 is 2. The zero-order valence-electron chi connectivity index (χ0n) is 14.6. The molecule has 0 radical (unpaired) electrons. The molecule has 0 aromatic heterocycles. The Labute approximate surface area is 151 Å². The van der Waals surface area contributed by atoms with Gasteiger partial charge in [-0.15, -0.1) is 0 Å². The molecule has 1 fully saturated rings. The highest BCUT2D eigenvalue weighted by Crippen LogP contribution is 2.37. The fourth-order valence-corrected chi connectivity index (χ4v) is 3.36. The quantitative estimate of drug-likeness (QED) is 0.623. The Balaban J connectivity index is 1.91. The van der Waals surface area contributed by atoms with Crippen LogP contribution in [0.25, 0.3) is 0 Å². The van der Waals surface area contributed by atoms with Gasteiger partial charge in [-0.05, 0) is 48.4 Å². The predicted molar refractivity (Wildman–Crippen MR) is 94.6 cm³/mol. The number of rotatable bonds is 4. The van der Waals surface area contributed by atoms with Crippen LogP contribution in [-0.2, 0) is 14.3 Å². The number of amides is 1. The number of carbonyl (C=O) groups is 2. The first-order chi connectivity index (χ1) is 12.5. The molecule has 0 bridgehead atoms. The third kappa shape index (κ3) is 3.40. The van der Waals surface area contributed by atoms with Gasteiger partial charge in [0.05, 0.1) is 14.2 Å². The molecule has 2 aromatic carbocycles. The summed E-state index contributed by atoms with van der Waals surface area (Å²) >= 11 is 0. The fraction of sp³-hybridized carbons (Fsp3) is 0.300. The molecule has 2 atom stereocenters. The SMILES string of the molecule is COC(=O)[C@@H]1C(=O)N(c2ccc(OC)cc2)CC[C@H]1c1ccc(F)cc1. The number of halogens is 1. The topological polar surface area (TPSA) is 55.8 Å². The van der Waals surface area contributed by atoms with Crippen molar-refractivity contribution in [3.63, 3.8) is 0 Å². The van der Waals surface area contributed by atoms with E-state index >= 15 is 0 Å². The minimum absolute atomic E-state index is 0.317. The summed E-state index contributed by atoms with van der Waals surface area (Å²) in [6, 6.07) is 13.0. The lowest BCUT2D eigenvalue weighted by molar-refractivity contribution is -0.151. The highest BCUT2D eigenvalue weighted by atomic mass is 19.1. The van der Waals surface area contributed by atoms with Crippen LogP contribution in [0.3, 0.4) is 0 Å². The van der Waals surface area contributed by atoms with Crippen LogP contribution in [-0.4, -0.2) is 32.6 Å². The van der Waals surface area contributed by atoms with Gasteiger partial charge in [-0.2, -0.15) is 0 Å². The van der Waals surface area contributed by atoms with Crippen molar-refractivity contribution in [2.45, 2.75) is 12.3 Å². The van der Waals surface area contributed by atoms with E-state index in [1.807, 2.05) is 0 Å². The molecule has 26 heavy (non-hydrogen) atoms. The number of anilines is 1. The first-order valence-corrected chi connectivity index (χ1v) is 8.34. The van der Waals surface area contributed by atoms with Crippen molar-refractivity contribution in [1.29, 1.82) is 0 Å². The van der Waals surface area contributed by atoms with Crippen LogP contribution in [0.5, 0.6) is 5.75 Å². The largest absolute Gasteiger partial charge is 0.497 e. The summed E-state index contributed by atoms with van der Waals surface area (Å²) in [5, 5.41) is 0. The molecule has 6 heteroatoms. The van der Waals surface area contributed by atoms with E-state index in [9.17, 15) is 14.0 Å². The lowest BCUT2D eigenvalue weighted by Gasteiger charge is -2.36. The van der Waals surface area contributed by atoms with Gasteiger partial charge in [0, 0.05) is 18.2 Å². The molecule has 136 valence electrons. The zero-order chi connectivity index (χ0) is 18.7. The Morgan fingerprint density at radius 1 is 1.08 bits per heavy atom. The number of hydrogen-bond acceptors (Lipinski definition) is 4. The number of ether oxygens (including phenoxy) is 2. The van der Waals surface area contributed by atoms with E-state index in [0.717, 1.165) is 5.56 Å². The molecular formula is C20H20FNO4. The summed E-state index contributed by atoms with van der Waals surface area (Å²) in [5.41, 5.74) is 1.45. The summed E-state index contributed by atoms with van der Waals surface area (Å²) in [6.45, 7) is 0.459. The molecule has 5 nitrogen and oxygen atoms in total. The van der Waals surface area contributed by atoms with Gasteiger partial charge in [-0.1, -0.05) is 12.1 Å². The minimum atomic E-state index is -0.957. The number of esters is 1. The first kappa shape index (κ1) is 17.9. The average molecular weight is 357 g/mol. The van der Waals surface area contributed by atoms with Gasteiger partial charge in [-0.3, -0.25) is 9.59 Å². The van der Waals surface area contributed by atoms with Crippen molar-refractivity contribution in [3.8, 4) is 5.75 Å². The molecule has 1 aliphatic heterocycles. The smallest absolute Gasteiger partial charge is 0.318 e. The van der Waals surface area contributed by atoms with Crippen molar-refractivity contribution in [2.75, 3.05) is 25.7 Å². The summed E-state index contributed by atoms with van der Waals surface area (Å²) in [4.78, 5) is 27.0. The van der Waals surface area contributed by atoms with Crippen molar-refractivity contribution in [2.24, 2.45) is 5.92 Å². The van der Waals surface area contributed by atoms with Crippen LogP contribution in [0.15, 0.2) is 48.5 Å². The van der Waals surface area contributed by atoms with Crippen LogP contribution in [0, 0.1) is 11.7 Å². The summed E-state index contributed by atoms with van der Waals surface area (Å²) < 4.78 is 23.2. The Kier molecular flexibility index (Phi) is 5.21. The summed E-state index contributed by atoms with van der Waals surface area (Å²) in [6.07, 6.45) is 0.573. The molecule has 0 saturated carbocycles. The molecule has 3 rings (SSSR count). The maximum Gasteiger partial charge on any atom is 0.318 e. The van der Waals surface area contributed by atoms with E-state index in [-0.39, 0.29) is 17.6 Å². The van der Waals surface area contributed by atoms with Gasteiger partial charge in [-0.25, -0.2) is 4.39 Å². The number of hydrogen-bond donors (Lipinski definition) is 0. The Morgan fingerprint density at radius 3 is 2.31 bits per heavy atom. The molecule has 0 N–H and O–H groups in total. The first-order valence-electron chi connectivity index (χ1n) is 8.34. The fourth-order valence-electron chi connectivity index (χ4n) is 3.36. The van der Waals surface area contributed by atoms with Crippen LogP contribution in [0.2, 0.25) is 0 Å². The van der Waals surface area contributed by atoms with Crippen molar-refractivity contribution in [1.82, 2.24) is 0 Å². The molecule has 1 aliphatic rings. The average Bonchev–Trinajstić information content (AvgIpc) is 2.68. The minimum Gasteiger partial charge on any atom is -0.497 e. The van der Waals surface area contributed by atoms with E-state index in [1.165, 1.54) is 19.2 Å².